The second-order valence-corrected chi connectivity index (χ2v) is 4.42. The van der Waals surface area contributed by atoms with Crippen molar-refractivity contribution < 1.29 is 18.3 Å². The second kappa shape index (κ2) is 6.31. The monoisotopic (exact) mass is 267 g/mol. The molecule has 1 aromatic carbocycles. The molecule has 0 aromatic heterocycles. The Morgan fingerprint density at radius 1 is 1.47 bits per heavy atom. The van der Waals surface area contributed by atoms with E-state index in [2.05, 4.69) is 16.1 Å². The number of nitrogens with one attached hydrogen (secondary N) is 1. The van der Waals surface area contributed by atoms with Gasteiger partial charge < -0.3 is 10.1 Å². The summed E-state index contributed by atoms with van der Waals surface area (Å²) in [4.78, 5) is 11.8. The largest absolute Gasteiger partial charge is 0.435 e. The quantitative estimate of drug-likeness (QED) is 0.828. The van der Waals surface area contributed by atoms with Crippen molar-refractivity contribution >= 4 is 11.6 Å². The maximum atomic E-state index is 12.1. The zero-order valence-corrected chi connectivity index (χ0v) is 10.3. The molecule has 0 bridgehead atoms. The molecule has 0 heterocycles. The molecule has 102 valence electrons. The van der Waals surface area contributed by atoms with E-state index >= 15 is 0 Å². The zero-order chi connectivity index (χ0) is 13.7. The van der Waals surface area contributed by atoms with Crippen molar-refractivity contribution in [1.29, 1.82) is 0 Å². The summed E-state index contributed by atoms with van der Waals surface area (Å²) >= 11 is 0. The number of allylic oxidation sites excluding steroid dienone is 2. The summed E-state index contributed by atoms with van der Waals surface area (Å²) in [7, 11) is 0. The Balaban J connectivity index is 1.90. The molecular formula is C14H15F2NO2. The predicted molar refractivity (Wildman–Crippen MR) is 68.2 cm³/mol. The van der Waals surface area contributed by atoms with E-state index in [9.17, 15) is 13.6 Å². The van der Waals surface area contributed by atoms with Crippen LogP contribution in [0.2, 0.25) is 0 Å². The third-order valence-electron chi connectivity index (χ3n) is 2.90. The van der Waals surface area contributed by atoms with Gasteiger partial charge in [-0.2, -0.15) is 8.78 Å². The van der Waals surface area contributed by atoms with Gasteiger partial charge in [0.25, 0.3) is 0 Å². The van der Waals surface area contributed by atoms with Gasteiger partial charge in [0.1, 0.15) is 5.75 Å². The lowest BCUT2D eigenvalue weighted by molar-refractivity contribution is -0.116. The lowest BCUT2D eigenvalue weighted by Gasteiger charge is -2.10. The highest BCUT2D eigenvalue weighted by Crippen LogP contribution is 2.22. The van der Waals surface area contributed by atoms with Gasteiger partial charge in [0.2, 0.25) is 5.91 Å². The third-order valence-corrected chi connectivity index (χ3v) is 2.90. The molecule has 1 aliphatic rings. The first-order chi connectivity index (χ1) is 9.13. The number of halogens is 2. The van der Waals surface area contributed by atoms with Gasteiger partial charge in [-0.3, -0.25) is 4.79 Å². The van der Waals surface area contributed by atoms with Crippen LogP contribution in [0.1, 0.15) is 19.3 Å². The van der Waals surface area contributed by atoms with E-state index in [4.69, 9.17) is 0 Å². The van der Waals surface area contributed by atoms with Crippen molar-refractivity contribution in [3.63, 3.8) is 0 Å². The Morgan fingerprint density at radius 3 is 3.00 bits per heavy atom. The van der Waals surface area contributed by atoms with Crippen LogP contribution in [0.15, 0.2) is 36.4 Å². The van der Waals surface area contributed by atoms with Crippen LogP contribution in [0.4, 0.5) is 14.5 Å². The lowest BCUT2D eigenvalue weighted by atomic mass is 10.1. The van der Waals surface area contributed by atoms with Crippen LogP contribution in [-0.2, 0) is 4.79 Å². The third kappa shape index (κ3) is 4.35. The summed E-state index contributed by atoms with van der Waals surface area (Å²) in [6, 6.07) is 6.00. The van der Waals surface area contributed by atoms with E-state index in [1.807, 2.05) is 6.08 Å². The fourth-order valence-electron chi connectivity index (χ4n) is 2.07. The summed E-state index contributed by atoms with van der Waals surface area (Å²) in [5.41, 5.74) is 0.463. The topological polar surface area (TPSA) is 38.3 Å². The first-order valence-electron chi connectivity index (χ1n) is 6.15. The summed E-state index contributed by atoms with van der Waals surface area (Å²) in [5.74, 6) is 0.194. The molecule has 0 spiro atoms. The Kier molecular flexibility index (Phi) is 4.49. The number of hydrogen-bond donors (Lipinski definition) is 1. The van der Waals surface area contributed by atoms with E-state index in [1.54, 1.807) is 12.1 Å². The van der Waals surface area contributed by atoms with Crippen LogP contribution < -0.4 is 10.1 Å². The van der Waals surface area contributed by atoms with Crippen LogP contribution >= 0.6 is 0 Å². The SMILES string of the molecule is O=C(C[C@H]1C=CCC1)Nc1cccc(OC(F)F)c1. The summed E-state index contributed by atoms with van der Waals surface area (Å²) in [6.45, 7) is -2.87. The van der Waals surface area contributed by atoms with Crippen molar-refractivity contribution in [2.24, 2.45) is 5.92 Å². The van der Waals surface area contributed by atoms with Crippen LogP contribution in [-0.4, -0.2) is 12.5 Å². The van der Waals surface area contributed by atoms with Crippen LogP contribution in [0, 0.1) is 5.92 Å². The standard InChI is InChI=1S/C14H15F2NO2/c15-14(16)19-12-7-3-6-11(9-12)17-13(18)8-10-4-1-2-5-10/h1,3-4,6-7,9-10,14H,2,5,8H2,(H,17,18)/t10-/m0/s1. The van der Waals surface area contributed by atoms with Crippen LogP contribution in [0.5, 0.6) is 5.75 Å². The molecule has 0 fully saturated rings. The minimum atomic E-state index is -2.87. The van der Waals surface area contributed by atoms with Crippen LogP contribution in [0.3, 0.4) is 0 Å². The van der Waals surface area contributed by atoms with Crippen molar-refractivity contribution in [1.82, 2.24) is 0 Å². The molecule has 0 radical (unpaired) electrons. The molecule has 1 N–H and O–H groups in total. The lowest BCUT2D eigenvalue weighted by Crippen LogP contribution is -2.14. The summed E-state index contributed by atoms with van der Waals surface area (Å²) in [6.07, 6.45) is 6.51. The Hall–Kier alpha value is -1.91. The van der Waals surface area contributed by atoms with E-state index in [0.29, 0.717) is 12.1 Å². The molecule has 3 nitrogen and oxygen atoms in total. The van der Waals surface area contributed by atoms with Gasteiger partial charge in [-0.1, -0.05) is 18.2 Å². The zero-order valence-electron chi connectivity index (χ0n) is 10.3. The number of anilines is 1. The van der Waals surface area contributed by atoms with Gasteiger partial charge in [0.15, 0.2) is 0 Å². The maximum absolute atomic E-state index is 12.1. The number of hydrogen-bond acceptors (Lipinski definition) is 2. The molecule has 0 saturated heterocycles. The molecule has 19 heavy (non-hydrogen) atoms. The summed E-state index contributed by atoms with van der Waals surface area (Å²) in [5, 5.41) is 2.68. The van der Waals surface area contributed by atoms with E-state index in [1.165, 1.54) is 12.1 Å². The Morgan fingerprint density at radius 2 is 2.32 bits per heavy atom. The number of carbonyl (C=O) groups is 1. The molecule has 0 saturated carbocycles. The fraction of sp³-hybridized carbons (Fsp3) is 0.357. The first kappa shape index (κ1) is 13.5. The normalized spacial score (nSPS) is 17.7. The van der Waals surface area contributed by atoms with Crippen LogP contribution in [0.25, 0.3) is 0 Å². The maximum Gasteiger partial charge on any atom is 0.387 e. The molecule has 1 aliphatic carbocycles. The molecule has 1 amide bonds. The number of rotatable bonds is 5. The number of amides is 1. The van der Waals surface area contributed by atoms with E-state index < -0.39 is 6.61 Å². The number of benzene rings is 1. The number of ether oxygens (including phenoxy) is 1. The smallest absolute Gasteiger partial charge is 0.387 e. The molecule has 0 aliphatic heterocycles. The van der Waals surface area contributed by atoms with E-state index in [-0.39, 0.29) is 17.6 Å². The molecule has 1 aromatic rings. The Bertz CT molecular complexity index is 474. The molecule has 0 unspecified atom stereocenters. The van der Waals surface area contributed by atoms with Crippen molar-refractivity contribution in [3.8, 4) is 5.75 Å². The highest BCUT2D eigenvalue weighted by Gasteiger charge is 2.14. The highest BCUT2D eigenvalue weighted by molar-refractivity contribution is 5.91. The van der Waals surface area contributed by atoms with Crippen molar-refractivity contribution in [2.45, 2.75) is 25.9 Å². The molecule has 1 atom stereocenters. The molecule has 5 heteroatoms. The highest BCUT2D eigenvalue weighted by atomic mass is 19.3. The summed E-state index contributed by atoms with van der Waals surface area (Å²) < 4.78 is 28.4. The van der Waals surface area contributed by atoms with Gasteiger partial charge in [-0.25, -0.2) is 0 Å². The van der Waals surface area contributed by atoms with E-state index in [0.717, 1.165) is 12.8 Å². The van der Waals surface area contributed by atoms with Gasteiger partial charge in [-0.05, 0) is 30.9 Å². The minimum Gasteiger partial charge on any atom is -0.435 e. The van der Waals surface area contributed by atoms with Crippen molar-refractivity contribution in [2.75, 3.05) is 5.32 Å². The first-order valence-corrected chi connectivity index (χ1v) is 6.15. The van der Waals surface area contributed by atoms with Gasteiger partial charge in [0, 0.05) is 18.2 Å². The van der Waals surface area contributed by atoms with Gasteiger partial charge in [0.05, 0.1) is 0 Å². The fourth-order valence-corrected chi connectivity index (χ4v) is 2.07. The van der Waals surface area contributed by atoms with Gasteiger partial charge >= 0.3 is 6.61 Å². The number of alkyl halides is 2. The average Bonchev–Trinajstić information content (AvgIpc) is 2.81. The predicted octanol–water partition coefficient (Wildman–Crippen LogP) is 3.58. The van der Waals surface area contributed by atoms with Gasteiger partial charge in [-0.15, -0.1) is 0 Å². The second-order valence-electron chi connectivity index (χ2n) is 4.42. The van der Waals surface area contributed by atoms with Crippen molar-refractivity contribution in [3.05, 3.63) is 36.4 Å². The average molecular weight is 267 g/mol. The number of carbonyl (C=O) groups excluding carboxylic acids is 1. The minimum absolute atomic E-state index is 0.0357. The molecular weight excluding hydrogens is 252 g/mol. The molecule has 2 rings (SSSR count). The Labute approximate surface area is 110 Å².